The number of aliphatic hydroxyl groups excluding tert-OH is 1. The molecule has 0 saturated carbocycles. The van der Waals surface area contributed by atoms with Gasteiger partial charge in [-0.2, -0.15) is 0 Å². The fraction of sp³-hybridized carbons (Fsp3) is 0.500. The number of hydrogen-bond acceptors (Lipinski definition) is 4. The van der Waals surface area contributed by atoms with Crippen LogP contribution in [-0.2, 0) is 0 Å². The molecule has 0 fully saturated rings. The molecule has 18 heavy (non-hydrogen) atoms. The van der Waals surface area contributed by atoms with Gasteiger partial charge in [0, 0.05) is 44.3 Å². The van der Waals surface area contributed by atoms with E-state index in [0.29, 0.717) is 5.89 Å². The Bertz CT molecular complexity index is 546. The number of aromatic nitrogens is 1. The molecule has 0 spiro atoms. The first-order chi connectivity index (χ1) is 8.41. The van der Waals surface area contributed by atoms with Gasteiger partial charge >= 0.3 is 0 Å². The van der Waals surface area contributed by atoms with Gasteiger partial charge in [-0.3, -0.25) is 0 Å². The van der Waals surface area contributed by atoms with Crippen molar-refractivity contribution < 1.29 is 9.52 Å². The lowest BCUT2D eigenvalue weighted by atomic mass is 9.94. The minimum absolute atomic E-state index is 0.124. The Morgan fingerprint density at radius 1 is 1.39 bits per heavy atom. The molecule has 1 aromatic heterocycles. The lowest BCUT2D eigenvalue weighted by Gasteiger charge is -2.29. The summed E-state index contributed by atoms with van der Waals surface area (Å²) in [7, 11) is 2.02. The van der Waals surface area contributed by atoms with Crippen molar-refractivity contribution in [1.29, 1.82) is 0 Å². The monoisotopic (exact) mass is 248 g/mol. The molecule has 0 bridgehead atoms. The molecule has 98 valence electrons. The number of aliphatic hydroxyl groups is 1. The van der Waals surface area contributed by atoms with E-state index in [1.54, 1.807) is 0 Å². The largest absolute Gasteiger partial charge is 0.441 e. The van der Waals surface area contributed by atoms with Crippen LogP contribution < -0.4 is 4.90 Å². The Balaban J connectivity index is 2.25. The van der Waals surface area contributed by atoms with Gasteiger partial charge in [-0.05, 0) is 12.1 Å². The van der Waals surface area contributed by atoms with Crippen molar-refractivity contribution in [3.63, 3.8) is 0 Å². The first-order valence-electron chi connectivity index (χ1n) is 6.10. The predicted octanol–water partition coefficient (Wildman–Crippen LogP) is 2.59. The van der Waals surface area contributed by atoms with Crippen LogP contribution in [0.5, 0.6) is 0 Å². The van der Waals surface area contributed by atoms with E-state index in [1.165, 1.54) is 0 Å². The Labute approximate surface area is 107 Å². The molecule has 1 N–H and O–H groups in total. The highest BCUT2D eigenvalue weighted by Crippen LogP contribution is 2.24. The minimum Gasteiger partial charge on any atom is -0.441 e. The number of nitrogens with zero attached hydrogens (tertiary/aromatic N) is 2. The van der Waals surface area contributed by atoms with Crippen LogP contribution in [0.15, 0.2) is 22.6 Å². The zero-order valence-electron chi connectivity index (χ0n) is 11.4. The molecule has 2 rings (SSSR count). The number of rotatable bonds is 4. The molecule has 0 aliphatic carbocycles. The standard InChI is InChI=1S/C14H20N2O2/c1-10-15-12-6-5-11(7-13(12)18-10)16(4)8-14(2,3)9-17/h5-7,17H,8-9H2,1-4H3. The van der Waals surface area contributed by atoms with Crippen LogP contribution in [0.2, 0.25) is 0 Å². The summed E-state index contributed by atoms with van der Waals surface area (Å²) in [6, 6.07) is 5.98. The highest BCUT2D eigenvalue weighted by Gasteiger charge is 2.19. The van der Waals surface area contributed by atoms with Crippen LogP contribution in [0.4, 0.5) is 5.69 Å². The second-order valence-electron chi connectivity index (χ2n) is 5.56. The summed E-state index contributed by atoms with van der Waals surface area (Å²) >= 11 is 0. The third-order valence-electron chi connectivity index (χ3n) is 3.01. The molecule has 0 saturated heterocycles. The van der Waals surface area contributed by atoms with E-state index in [9.17, 15) is 5.11 Å². The average Bonchev–Trinajstić information content (AvgIpc) is 2.67. The summed E-state index contributed by atoms with van der Waals surface area (Å²) in [5.74, 6) is 0.681. The number of aryl methyl sites for hydroxylation is 1. The average molecular weight is 248 g/mol. The summed E-state index contributed by atoms with van der Waals surface area (Å²) in [6.45, 7) is 6.88. The quantitative estimate of drug-likeness (QED) is 0.903. The third-order valence-corrected chi connectivity index (χ3v) is 3.01. The van der Waals surface area contributed by atoms with Crippen LogP contribution >= 0.6 is 0 Å². The number of hydrogen-bond donors (Lipinski definition) is 1. The van der Waals surface area contributed by atoms with Crippen LogP contribution in [0.3, 0.4) is 0 Å². The van der Waals surface area contributed by atoms with Crippen molar-refractivity contribution in [1.82, 2.24) is 4.98 Å². The summed E-state index contributed by atoms with van der Waals surface area (Å²) in [5.41, 5.74) is 2.63. The fourth-order valence-electron chi connectivity index (χ4n) is 2.05. The molecule has 1 aromatic carbocycles. The smallest absolute Gasteiger partial charge is 0.192 e. The first kappa shape index (κ1) is 12.9. The third kappa shape index (κ3) is 2.64. The topological polar surface area (TPSA) is 49.5 Å². The van der Waals surface area contributed by atoms with Gasteiger partial charge in [0.1, 0.15) is 5.52 Å². The zero-order chi connectivity index (χ0) is 13.3. The van der Waals surface area contributed by atoms with Gasteiger partial charge in [-0.25, -0.2) is 4.98 Å². The van der Waals surface area contributed by atoms with E-state index in [0.717, 1.165) is 23.3 Å². The van der Waals surface area contributed by atoms with Crippen LogP contribution in [0, 0.1) is 12.3 Å². The molecule has 0 aliphatic heterocycles. The van der Waals surface area contributed by atoms with Gasteiger partial charge in [-0.15, -0.1) is 0 Å². The van der Waals surface area contributed by atoms with Crippen molar-refractivity contribution in [3.05, 3.63) is 24.1 Å². The molecule has 1 heterocycles. The van der Waals surface area contributed by atoms with Crippen molar-refractivity contribution in [2.75, 3.05) is 25.1 Å². The summed E-state index contributed by atoms with van der Waals surface area (Å²) < 4.78 is 5.53. The SMILES string of the molecule is Cc1nc2ccc(N(C)CC(C)(C)CO)cc2o1. The predicted molar refractivity (Wildman–Crippen MR) is 72.9 cm³/mol. The van der Waals surface area contributed by atoms with Gasteiger partial charge < -0.3 is 14.4 Å². The van der Waals surface area contributed by atoms with Gasteiger partial charge in [0.15, 0.2) is 11.5 Å². The fourth-order valence-corrected chi connectivity index (χ4v) is 2.05. The maximum Gasteiger partial charge on any atom is 0.192 e. The van der Waals surface area contributed by atoms with E-state index >= 15 is 0 Å². The zero-order valence-corrected chi connectivity index (χ0v) is 11.4. The molecule has 4 heteroatoms. The molecule has 0 amide bonds. The second kappa shape index (κ2) is 4.61. The first-order valence-corrected chi connectivity index (χ1v) is 6.10. The van der Waals surface area contributed by atoms with E-state index in [2.05, 4.69) is 9.88 Å². The van der Waals surface area contributed by atoms with Crippen molar-refractivity contribution in [3.8, 4) is 0 Å². The molecule has 0 radical (unpaired) electrons. The summed E-state index contributed by atoms with van der Waals surface area (Å²) in [4.78, 5) is 6.40. The highest BCUT2D eigenvalue weighted by atomic mass is 16.3. The Kier molecular flexibility index (Phi) is 3.30. The van der Waals surface area contributed by atoms with Gasteiger partial charge in [0.05, 0.1) is 0 Å². The molecular formula is C14H20N2O2. The number of oxazole rings is 1. The molecule has 0 atom stereocenters. The number of anilines is 1. The van der Waals surface area contributed by atoms with Crippen molar-refractivity contribution in [2.24, 2.45) is 5.41 Å². The lowest BCUT2D eigenvalue weighted by Crippen LogP contribution is -2.33. The molecule has 4 nitrogen and oxygen atoms in total. The second-order valence-corrected chi connectivity index (χ2v) is 5.56. The van der Waals surface area contributed by atoms with Gasteiger partial charge in [0.25, 0.3) is 0 Å². The number of benzene rings is 1. The molecule has 2 aromatic rings. The molecule has 0 aliphatic rings. The Morgan fingerprint density at radius 2 is 2.11 bits per heavy atom. The molecular weight excluding hydrogens is 228 g/mol. The summed E-state index contributed by atoms with van der Waals surface area (Å²) in [6.07, 6.45) is 0. The lowest BCUT2D eigenvalue weighted by molar-refractivity contribution is 0.165. The molecule has 0 unspecified atom stereocenters. The van der Waals surface area contributed by atoms with Crippen molar-refractivity contribution >= 4 is 16.8 Å². The van der Waals surface area contributed by atoms with E-state index in [4.69, 9.17) is 4.42 Å². The minimum atomic E-state index is -0.124. The normalized spacial score (nSPS) is 12.1. The maximum atomic E-state index is 9.31. The van der Waals surface area contributed by atoms with E-state index in [1.807, 2.05) is 46.0 Å². The van der Waals surface area contributed by atoms with Crippen LogP contribution in [0.1, 0.15) is 19.7 Å². The maximum absolute atomic E-state index is 9.31. The van der Waals surface area contributed by atoms with Crippen LogP contribution in [0.25, 0.3) is 11.1 Å². The Hall–Kier alpha value is -1.55. The highest BCUT2D eigenvalue weighted by molar-refractivity contribution is 5.77. The number of fused-ring (bicyclic) bond motifs is 1. The van der Waals surface area contributed by atoms with Crippen molar-refractivity contribution in [2.45, 2.75) is 20.8 Å². The summed E-state index contributed by atoms with van der Waals surface area (Å²) in [5, 5.41) is 9.31. The van der Waals surface area contributed by atoms with E-state index in [-0.39, 0.29) is 12.0 Å². The Morgan fingerprint density at radius 3 is 2.78 bits per heavy atom. The van der Waals surface area contributed by atoms with Gasteiger partial charge in [0.2, 0.25) is 0 Å². The van der Waals surface area contributed by atoms with Gasteiger partial charge in [-0.1, -0.05) is 13.8 Å². The van der Waals surface area contributed by atoms with E-state index < -0.39 is 0 Å². The van der Waals surface area contributed by atoms with Crippen LogP contribution in [-0.4, -0.2) is 30.3 Å².